The Morgan fingerprint density at radius 1 is 1.29 bits per heavy atom. The summed E-state index contributed by atoms with van der Waals surface area (Å²) in [4.78, 5) is 16.1. The summed E-state index contributed by atoms with van der Waals surface area (Å²) in [6.07, 6.45) is 1.45. The molecular formula is C20H22ClF2N3O3S2. The summed E-state index contributed by atoms with van der Waals surface area (Å²) in [5.74, 6) is -2.44. The Balaban J connectivity index is 1.76. The third-order valence-corrected chi connectivity index (χ3v) is 7.39. The maximum Gasteiger partial charge on any atom is 0.245 e. The van der Waals surface area contributed by atoms with E-state index in [9.17, 15) is 22.0 Å². The van der Waals surface area contributed by atoms with Gasteiger partial charge in [-0.3, -0.25) is 4.79 Å². The molecule has 168 valence electrons. The van der Waals surface area contributed by atoms with Gasteiger partial charge in [0.25, 0.3) is 0 Å². The van der Waals surface area contributed by atoms with Gasteiger partial charge in [-0.15, -0.1) is 11.3 Å². The van der Waals surface area contributed by atoms with E-state index in [0.29, 0.717) is 14.8 Å². The summed E-state index contributed by atoms with van der Waals surface area (Å²) in [7, 11) is -0.371. The molecule has 0 spiro atoms. The number of rotatable bonds is 7. The fourth-order valence-corrected chi connectivity index (χ4v) is 5.28. The lowest BCUT2D eigenvalue weighted by molar-refractivity contribution is -0.118. The van der Waals surface area contributed by atoms with E-state index in [0.717, 1.165) is 10.3 Å². The molecule has 1 fully saturated rings. The number of carbonyl (C=O) groups excluding carboxylic acids is 1. The minimum absolute atomic E-state index is 0.00725. The van der Waals surface area contributed by atoms with Gasteiger partial charge in [-0.1, -0.05) is 11.6 Å². The summed E-state index contributed by atoms with van der Waals surface area (Å²) in [6.45, 7) is 1.80. The number of carbonyl (C=O) groups is 1. The van der Waals surface area contributed by atoms with Gasteiger partial charge in [0, 0.05) is 22.9 Å². The van der Waals surface area contributed by atoms with Crippen molar-refractivity contribution in [2.75, 3.05) is 25.5 Å². The molecule has 1 aliphatic heterocycles. The second-order valence-electron chi connectivity index (χ2n) is 7.41. The summed E-state index contributed by atoms with van der Waals surface area (Å²) < 4.78 is 56.9. The molecule has 6 nitrogen and oxygen atoms in total. The largest absolute Gasteiger partial charge is 0.306 e. The molecule has 1 aliphatic rings. The first-order chi connectivity index (χ1) is 14.5. The zero-order chi connectivity index (χ0) is 22.9. The molecular weight excluding hydrogens is 468 g/mol. The zero-order valence-corrected chi connectivity index (χ0v) is 19.5. The highest BCUT2D eigenvalue weighted by atomic mass is 35.5. The summed E-state index contributed by atoms with van der Waals surface area (Å²) >= 11 is 7.02. The third-order valence-electron chi connectivity index (χ3n) is 5.08. The number of halogens is 3. The molecule has 0 bridgehead atoms. The third kappa shape index (κ3) is 5.50. The van der Waals surface area contributed by atoms with E-state index in [4.69, 9.17) is 11.6 Å². The van der Waals surface area contributed by atoms with Crippen LogP contribution in [0.25, 0.3) is 6.08 Å². The summed E-state index contributed by atoms with van der Waals surface area (Å²) in [5.41, 5.74) is -0.0309. The number of nitrogens with zero attached hydrogens (tertiary/aromatic N) is 2. The number of benzene rings is 1. The van der Waals surface area contributed by atoms with Crippen molar-refractivity contribution in [3.05, 3.63) is 56.1 Å². The lowest BCUT2D eigenvalue weighted by Gasteiger charge is -2.23. The maximum absolute atomic E-state index is 14.7. The van der Waals surface area contributed by atoms with Crippen LogP contribution in [-0.4, -0.2) is 45.9 Å². The highest BCUT2D eigenvalue weighted by Crippen LogP contribution is 2.31. The average molecular weight is 490 g/mol. The van der Waals surface area contributed by atoms with E-state index in [1.54, 1.807) is 38.1 Å². The van der Waals surface area contributed by atoms with Gasteiger partial charge < -0.3 is 9.80 Å². The number of anilines is 1. The van der Waals surface area contributed by atoms with Crippen LogP contribution in [0.5, 0.6) is 0 Å². The van der Waals surface area contributed by atoms with Gasteiger partial charge >= 0.3 is 0 Å². The van der Waals surface area contributed by atoms with Crippen LogP contribution in [0.2, 0.25) is 4.34 Å². The Labute approximate surface area is 189 Å². The van der Waals surface area contributed by atoms with Crippen LogP contribution < -0.4 is 9.62 Å². The van der Waals surface area contributed by atoms with Crippen LogP contribution in [0.1, 0.15) is 29.8 Å². The van der Waals surface area contributed by atoms with Crippen LogP contribution in [0, 0.1) is 11.6 Å². The van der Waals surface area contributed by atoms with Gasteiger partial charge in [0.15, 0.2) is 0 Å². The van der Waals surface area contributed by atoms with Gasteiger partial charge in [-0.2, -0.15) is 4.72 Å². The molecule has 31 heavy (non-hydrogen) atoms. The molecule has 1 aromatic carbocycles. The quantitative estimate of drug-likeness (QED) is 0.638. The molecule has 2 heterocycles. The van der Waals surface area contributed by atoms with Gasteiger partial charge in [0.05, 0.1) is 4.34 Å². The van der Waals surface area contributed by atoms with Crippen molar-refractivity contribution in [1.82, 2.24) is 9.62 Å². The van der Waals surface area contributed by atoms with E-state index in [-0.39, 0.29) is 19.0 Å². The highest BCUT2D eigenvalue weighted by molar-refractivity contribution is 7.92. The molecule has 1 amide bonds. The minimum Gasteiger partial charge on any atom is -0.306 e. The van der Waals surface area contributed by atoms with E-state index in [1.807, 2.05) is 0 Å². The predicted molar refractivity (Wildman–Crippen MR) is 120 cm³/mol. The first-order valence-electron chi connectivity index (χ1n) is 9.41. The molecule has 0 saturated carbocycles. The topological polar surface area (TPSA) is 69.7 Å². The Morgan fingerprint density at radius 3 is 2.48 bits per heavy atom. The normalized spacial score (nSPS) is 18.5. The van der Waals surface area contributed by atoms with Crippen LogP contribution >= 0.6 is 22.9 Å². The Morgan fingerprint density at radius 2 is 1.94 bits per heavy atom. The molecule has 2 aromatic rings. The number of sulfonamides is 1. The van der Waals surface area contributed by atoms with E-state index >= 15 is 0 Å². The molecule has 1 N–H and O–H groups in total. The van der Waals surface area contributed by atoms with Crippen molar-refractivity contribution in [1.29, 1.82) is 0 Å². The molecule has 0 aliphatic carbocycles. The van der Waals surface area contributed by atoms with Crippen LogP contribution in [0.3, 0.4) is 0 Å². The molecule has 1 aromatic heterocycles. The molecule has 2 atom stereocenters. The van der Waals surface area contributed by atoms with E-state index in [1.165, 1.54) is 29.5 Å². The van der Waals surface area contributed by atoms with E-state index < -0.39 is 39.3 Å². The van der Waals surface area contributed by atoms with Crippen LogP contribution in [0.15, 0.2) is 29.7 Å². The Bertz CT molecular complexity index is 1100. The smallest absolute Gasteiger partial charge is 0.245 e. The number of thiophene rings is 1. The minimum atomic E-state index is -3.95. The number of hydrogen-bond acceptors (Lipinski definition) is 5. The molecule has 0 radical (unpaired) electrons. The van der Waals surface area contributed by atoms with Gasteiger partial charge in [0.2, 0.25) is 15.9 Å². The van der Waals surface area contributed by atoms with Gasteiger partial charge in [-0.05, 0) is 63.3 Å². The molecule has 0 unspecified atom stereocenters. The lowest BCUT2D eigenvalue weighted by atomic mass is 10.1. The lowest BCUT2D eigenvalue weighted by Crippen LogP contribution is -2.41. The SMILES string of the molecule is C[C@@H](c1cc(F)c(N2CC[C@H](NS(=O)(=O)C=Cc3ccc(Cl)s3)C2=O)c(F)c1)N(C)C. The van der Waals surface area contributed by atoms with Gasteiger partial charge in [0.1, 0.15) is 23.4 Å². The number of nitrogens with one attached hydrogen (secondary N) is 1. The van der Waals surface area contributed by atoms with Crippen LogP contribution in [0.4, 0.5) is 14.5 Å². The number of hydrogen-bond donors (Lipinski definition) is 1. The second kappa shape index (κ2) is 9.33. The van der Waals surface area contributed by atoms with Crippen molar-refractivity contribution in [3.63, 3.8) is 0 Å². The van der Waals surface area contributed by atoms with Gasteiger partial charge in [-0.25, -0.2) is 17.2 Å². The fourth-order valence-electron chi connectivity index (χ4n) is 3.21. The second-order valence-corrected chi connectivity index (χ2v) is 10.8. The van der Waals surface area contributed by atoms with Crippen molar-refractivity contribution >= 4 is 50.6 Å². The van der Waals surface area contributed by atoms with E-state index in [2.05, 4.69) is 4.72 Å². The molecule has 11 heteroatoms. The monoisotopic (exact) mass is 489 g/mol. The molecule has 3 rings (SSSR count). The maximum atomic E-state index is 14.7. The zero-order valence-electron chi connectivity index (χ0n) is 17.1. The Kier molecular flexibility index (Phi) is 7.17. The number of amides is 1. The van der Waals surface area contributed by atoms with Crippen molar-refractivity contribution in [3.8, 4) is 0 Å². The highest BCUT2D eigenvalue weighted by Gasteiger charge is 2.37. The average Bonchev–Trinajstić information content (AvgIpc) is 3.25. The molecule has 1 saturated heterocycles. The standard InChI is InChI=1S/C20H22ClF2N3O3S2/c1-12(25(2)3)13-10-15(22)19(16(23)11-13)26-8-6-17(20(26)27)24-31(28,29)9-7-14-4-5-18(21)30-14/h4-5,7,9-12,17,24H,6,8H2,1-3H3/t12-,17-/m0/s1. The fraction of sp³-hybridized carbons (Fsp3) is 0.350. The first-order valence-corrected chi connectivity index (χ1v) is 12.1. The van der Waals surface area contributed by atoms with Crippen molar-refractivity contribution in [2.24, 2.45) is 0 Å². The van der Waals surface area contributed by atoms with Crippen LogP contribution in [-0.2, 0) is 14.8 Å². The summed E-state index contributed by atoms with van der Waals surface area (Å²) in [6, 6.07) is 4.36. The van der Waals surface area contributed by atoms with Crippen molar-refractivity contribution < 1.29 is 22.0 Å². The first kappa shape index (κ1) is 23.8. The van der Waals surface area contributed by atoms with Crippen molar-refractivity contribution in [2.45, 2.75) is 25.4 Å². The predicted octanol–water partition coefficient (Wildman–Crippen LogP) is 4.00. The summed E-state index contributed by atoms with van der Waals surface area (Å²) in [5, 5.41) is 0.934. The Hall–Kier alpha value is -1.85.